The van der Waals surface area contributed by atoms with Crippen molar-refractivity contribution >= 4 is 16.7 Å². The standard InChI is InChI=1S/C23H26N2O/c1-16-10-12-18(13-11-16)14-20(23(24)26)15-25-17(2)21-9-5-7-19-6-3-4-8-22(19)21/h3-13,17,20,25H,14-15H2,1-2H3,(H2,24,26). The molecule has 0 saturated heterocycles. The van der Waals surface area contributed by atoms with E-state index < -0.39 is 0 Å². The summed E-state index contributed by atoms with van der Waals surface area (Å²) in [4.78, 5) is 11.9. The Morgan fingerprint density at radius 2 is 1.69 bits per heavy atom. The number of aryl methyl sites for hydroxylation is 1. The van der Waals surface area contributed by atoms with Crippen LogP contribution in [0.3, 0.4) is 0 Å². The number of nitrogens with one attached hydrogen (secondary N) is 1. The van der Waals surface area contributed by atoms with E-state index in [4.69, 9.17) is 5.73 Å². The lowest BCUT2D eigenvalue weighted by Gasteiger charge is -2.20. The molecule has 3 aromatic rings. The van der Waals surface area contributed by atoms with Crippen LogP contribution in [0.4, 0.5) is 0 Å². The molecule has 2 unspecified atom stereocenters. The van der Waals surface area contributed by atoms with Crippen molar-refractivity contribution < 1.29 is 4.79 Å². The molecule has 0 aliphatic carbocycles. The number of primary amides is 1. The molecule has 134 valence electrons. The summed E-state index contributed by atoms with van der Waals surface area (Å²) in [6, 6.07) is 23.1. The minimum absolute atomic E-state index is 0.140. The highest BCUT2D eigenvalue weighted by atomic mass is 16.1. The fourth-order valence-electron chi connectivity index (χ4n) is 3.34. The van der Waals surface area contributed by atoms with Gasteiger partial charge in [-0.25, -0.2) is 0 Å². The SMILES string of the molecule is Cc1ccc(CC(CNC(C)c2cccc3ccccc23)C(N)=O)cc1. The molecule has 3 N–H and O–H groups in total. The van der Waals surface area contributed by atoms with Gasteiger partial charge in [-0.2, -0.15) is 0 Å². The van der Waals surface area contributed by atoms with Crippen molar-refractivity contribution in [3.8, 4) is 0 Å². The summed E-state index contributed by atoms with van der Waals surface area (Å²) in [6.07, 6.45) is 0.658. The van der Waals surface area contributed by atoms with Gasteiger partial charge in [0.15, 0.2) is 0 Å². The van der Waals surface area contributed by atoms with E-state index in [0.29, 0.717) is 13.0 Å². The number of fused-ring (bicyclic) bond motifs is 1. The maximum absolute atomic E-state index is 11.9. The third-order valence-corrected chi connectivity index (χ3v) is 4.97. The van der Waals surface area contributed by atoms with Crippen molar-refractivity contribution in [2.24, 2.45) is 11.7 Å². The van der Waals surface area contributed by atoms with Gasteiger partial charge in [0.25, 0.3) is 0 Å². The van der Waals surface area contributed by atoms with Crippen molar-refractivity contribution in [3.63, 3.8) is 0 Å². The Labute approximate surface area is 155 Å². The Balaban J connectivity index is 1.70. The van der Waals surface area contributed by atoms with Crippen LogP contribution in [-0.4, -0.2) is 12.5 Å². The minimum atomic E-state index is -0.261. The number of carbonyl (C=O) groups excluding carboxylic acids is 1. The number of rotatable bonds is 7. The first-order chi connectivity index (χ1) is 12.5. The molecule has 0 radical (unpaired) electrons. The van der Waals surface area contributed by atoms with Gasteiger partial charge in [-0.1, -0.05) is 72.3 Å². The van der Waals surface area contributed by atoms with Crippen LogP contribution in [0.1, 0.15) is 29.7 Å². The normalized spacial score (nSPS) is 13.5. The van der Waals surface area contributed by atoms with Gasteiger partial charge in [-0.15, -0.1) is 0 Å². The van der Waals surface area contributed by atoms with Crippen LogP contribution in [-0.2, 0) is 11.2 Å². The molecule has 3 rings (SSSR count). The van der Waals surface area contributed by atoms with E-state index in [1.165, 1.54) is 21.9 Å². The number of carbonyl (C=O) groups is 1. The van der Waals surface area contributed by atoms with Gasteiger partial charge in [-0.05, 0) is 42.2 Å². The molecule has 0 heterocycles. The average Bonchev–Trinajstić information content (AvgIpc) is 2.65. The first-order valence-electron chi connectivity index (χ1n) is 9.10. The topological polar surface area (TPSA) is 55.1 Å². The van der Waals surface area contributed by atoms with Gasteiger partial charge in [0.1, 0.15) is 0 Å². The van der Waals surface area contributed by atoms with Crippen molar-refractivity contribution in [1.82, 2.24) is 5.32 Å². The molecule has 0 fully saturated rings. The maximum atomic E-state index is 11.9. The molecule has 0 aromatic heterocycles. The second-order valence-electron chi connectivity index (χ2n) is 6.99. The van der Waals surface area contributed by atoms with Crippen LogP contribution in [0.25, 0.3) is 10.8 Å². The Hall–Kier alpha value is -2.65. The zero-order chi connectivity index (χ0) is 18.5. The second kappa shape index (κ2) is 8.15. The van der Waals surface area contributed by atoms with Gasteiger partial charge in [0.05, 0.1) is 5.92 Å². The van der Waals surface area contributed by atoms with E-state index in [1.54, 1.807) is 0 Å². The fraction of sp³-hybridized carbons (Fsp3) is 0.261. The smallest absolute Gasteiger partial charge is 0.222 e. The number of amides is 1. The van der Waals surface area contributed by atoms with Gasteiger partial charge in [0.2, 0.25) is 5.91 Å². The number of nitrogens with two attached hydrogens (primary N) is 1. The second-order valence-corrected chi connectivity index (χ2v) is 6.99. The third-order valence-electron chi connectivity index (χ3n) is 4.97. The van der Waals surface area contributed by atoms with Crippen LogP contribution >= 0.6 is 0 Å². The van der Waals surface area contributed by atoms with Crippen molar-refractivity contribution in [2.75, 3.05) is 6.54 Å². The maximum Gasteiger partial charge on any atom is 0.222 e. The number of hydrogen-bond acceptors (Lipinski definition) is 2. The van der Waals surface area contributed by atoms with Crippen LogP contribution in [0.5, 0.6) is 0 Å². The average molecular weight is 346 g/mol. The summed E-state index contributed by atoms with van der Waals surface area (Å²) < 4.78 is 0. The predicted octanol–water partition coefficient (Wildman–Crippen LogP) is 4.14. The lowest BCUT2D eigenvalue weighted by Crippen LogP contribution is -2.35. The van der Waals surface area contributed by atoms with E-state index in [1.807, 2.05) is 0 Å². The first kappa shape index (κ1) is 18.2. The zero-order valence-electron chi connectivity index (χ0n) is 15.4. The third kappa shape index (κ3) is 4.30. The summed E-state index contributed by atoms with van der Waals surface area (Å²) in [5.74, 6) is -0.488. The van der Waals surface area contributed by atoms with E-state index in [9.17, 15) is 4.79 Å². The fourth-order valence-corrected chi connectivity index (χ4v) is 3.34. The highest BCUT2D eigenvalue weighted by Crippen LogP contribution is 2.24. The predicted molar refractivity (Wildman–Crippen MR) is 108 cm³/mol. The van der Waals surface area contributed by atoms with Gasteiger partial charge in [-0.3, -0.25) is 4.79 Å². The molecule has 0 bridgehead atoms. The highest BCUT2D eigenvalue weighted by molar-refractivity contribution is 5.86. The molecule has 0 aliphatic rings. The van der Waals surface area contributed by atoms with Gasteiger partial charge in [0, 0.05) is 12.6 Å². The Kier molecular flexibility index (Phi) is 5.69. The highest BCUT2D eigenvalue weighted by Gasteiger charge is 2.18. The van der Waals surface area contributed by atoms with Crippen molar-refractivity contribution in [1.29, 1.82) is 0 Å². The number of hydrogen-bond donors (Lipinski definition) is 2. The van der Waals surface area contributed by atoms with Gasteiger partial charge >= 0.3 is 0 Å². The van der Waals surface area contributed by atoms with E-state index in [-0.39, 0.29) is 17.9 Å². The molecule has 26 heavy (non-hydrogen) atoms. The molecule has 3 nitrogen and oxygen atoms in total. The molecular weight excluding hydrogens is 320 g/mol. The van der Waals surface area contributed by atoms with Crippen LogP contribution in [0, 0.1) is 12.8 Å². The molecule has 2 atom stereocenters. The Morgan fingerprint density at radius 3 is 2.42 bits per heavy atom. The lowest BCUT2D eigenvalue weighted by atomic mass is 9.96. The molecule has 0 aliphatic heterocycles. The summed E-state index contributed by atoms with van der Waals surface area (Å²) in [5.41, 5.74) is 9.24. The quantitative estimate of drug-likeness (QED) is 0.675. The van der Waals surface area contributed by atoms with Gasteiger partial charge < -0.3 is 11.1 Å². The molecule has 1 amide bonds. The summed E-state index contributed by atoms with van der Waals surface area (Å²) in [7, 11) is 0. The number of benzene rings is 3. The monoisotopic (exact) mass is 346 g/mol. The van der Waals surface area contributed by atoms with Crippen molar-refractivity contribution in [2.45, 2.75) is 26.3 Å². The van der Waals surface area contributed by atoms with Crippen LogP contribution in [0.15, 0.2) is 66.7 Å². The van der Waals surface area contributed by atoms with Crippen LogP contribution in [0.2, 0.25) is 0 Å². The first-order valence-corrected chi connectivity index (χ1v) is 9.10. The van der Waals surface area contributed by atoms with Crippen LogP contribution < -0.4 is 11.1 Å². The van der Waals surface area contributed by atoms with Crippen molar-refractivity contribution in [3.05, 3.63) is 83.4 Å². The molecular formula is C23H26N2O. The van der Waals surface area contributed by atoms with E-state index in [2.05, 4.69) is 85.9 Å². The molecule has 3 heteroatoms. The molecule has 0 spiro atoms. The summed E-state index contributed by atoms with van der Waals surface area (Å²) in [6.45, 7) is 4.75. The molecule has 3 aromatic carbocycles. The zero-order valence-corrected chi connectivity index (χ0v) is 15.4. The van der Waals surface area contributed by atoms with E-state index in [0.717, 1.165) is 5.56 Å². The lowest BCUT2D eigenvalue weighted by molar-refractivity contribution is -0.121. The minimum Gasteiger partial charge on any atom is -0.369 e. The summed E-state index contributed by atoms with van der Waals surface area (Å²) in [5, 5.41) is 5.97. The Bertz CT molecular complexity index is 881. The Morgan fingerprint density at radius 1 is 1.00 bits per heavy atom. The van der Waals surface area contributed by atoms with E-state index >= 15 is 0 Å². The largest absolute Gasteiger partial charge is 0.369 e. The summed E-state index contributed by atoms with van der Waals surface area (Å²) >= 11 is 0. The molecule has 0 saturated carbocycles.